The standard InChI is InChI=1S/C6H12NOS/c1-7-4-6-2-3-9(8)5-6/h6H,2-5H2,1H3/q-1. The first-order valence-corrected chi connectivity index (χ1v) is 4.72. The van der Waals surface area contributed by atoms with Crippen LogP contribution in [0.5, 0.6) is 0 Å². The van der Waals surface area contributed by atoms with Crippen molar-refractivity contribution in [3.63, 3.8) is 0 Å². The van der Waals surface area contributed by atoms with Crippen LogP contribution in [0.2, 0.25) is 0 Å². The monoisotopic (exact) mass is 146 g/mol. The zero-order valence-electron chi connectivity index (χ0n) is 5.67. The van der Waals surface area contributed by atoms with Gasteiger partial charge in [-0.15, -0.1) is 6.54 Å². The Kier molecular flexibility index (Phi) is 2.66. The van der Waals surface area contributed by atoms with E-state index in [0.717, 1.165) is 24.5 Å². The topological polar surface area (TPSA) is 31.2 Å². The first-order valence-electron chi connectivity index (χ1n) is 3.23. The van der Waals surface area contributed by atoms with Crippen molar-refractivity contribution in [3.8, 4) is 0 Å². The summed E-state index contributed by atoms with van der Waals surface area (Å²) in [6, 6.07) is 0. The molecule has 0 radical (unpaired) electrons. The SMILES string of the molecule is C[N-]CC1CCS(=O)C1. The van der Waals surface area contributed by atoms with Gasteiger partial charge in [0, 0.05) is 22.3 Å². The first kappa shape index (κ1) is 7.22. The minimum absolute atomic E-state index is 0.514. The summed E-state index contributed by atoms with van der Waals surface area (Å²) >= 11 is 0. The fourth-order valence-electron chi connectivity index (χ4n) is 1.13. The molecule has 1 saturated heterocycles. The summed E-state index contributed by atoms with van der Waals surface area (Å²) in [5.41, 5.74) is 0. The van der Waals surface area contributed by atoms with E-state index in [9.17, 15) is 4.21 Å². The van der Waals surface area contributed by atoms with E-state index >= 15 is 0 Å². The Balaban J connectivity index is 2.22. The highest BCUT2D eigenvalue weighted by Gasteiger charge is 2.16. The van der Waals surface area contributed by atoms with Crippen molar-refractivity contribution in [2.24, 2.45) is 5.92 Å². The summed E-state index contributed by atoms with van der Waals surface area (Å²) in [4.78, 5) is 0. The second-order valence-corrected chi connectivity index (χ2v) is 4.09. The van der Waals surface area contributed by atoms with Gasteiger partial charge < -0.3 is 5.32 Å². The van der Waals surface area contributed by atoms with E-state index in [4.69, 9.17) is 0 Å². The lowest BCUT2D eigenvalue weighted by Gasteiger charge is -2.15. The smallest absolute Gasteiger partial charge is 0.0247 e. The predicted molar refractivity (Wildman–Crippen MR) is 40.1 cm³/mol. The van der Waals surface area contributed by atoms with Gasteiger partial charge >= 0.3 is 0 Å². The molecular weight excluding hydrogens is 134 g/mol. The maximum Gasteiger partial charge on any atom is 0.0247 e. The van der Waals surface area contributed by atoms with Crippen molar-refractivity contribution >= 4 is 10.8 Å². The molecule has 0 N–H and O–H groups in total. The molecule has 0 spiro atoms. The van der Waals surface area contributed by atoms with E-state index in [2.05, 4.69) is 5.32 Å². The average Bonchev–Trinajstić information content (AvgIpc) is 2.17. The molecule has 2 atom stereocenters. The van der Waals surface area contributed by atoms with E-state index in [0.29, 0.717) is 5.92 Å². The Hall–Kier alpha value is 0.110. The maximum atomic E-state index is 10.8. The number of nitrogens with zero attached hydrogens (tertiary/aromatic N) is 1. The van der Waals surface area contributed by atoms with Gasteiger partial charge in [-0.05, 0) is 12.3 Å². The third-order valence-corrected chi connectivity index (χ3v) is 3.15. The summed E-state index contributed by atoms with van der Waals surface area (Å²) in [7, 11) is 1.31. The highest BCUT2D eigenvalue weighted by Crippen LogP contribution is 2.15. The third-order valence-electron chi connectivity index (χ3n) is 1.62. The summed E-state index contributed by atoms with van der Waals surface area (Å²) < 4.78 is 10.8. The van der Waals surface area contributed by atoms with Gasteiger partial charge in [-0.1, -0.05) is 0 Å². The Morgan fingerprint density at radius 2 is 2.56 bits per heavy atom. The second-order valence-electron chi connectivity index (χ2n) is 2.46. The van der Waals surface area contributed by atoms with Crippen molar-refractivity contribution in [3.05, 3.63) is 5.32 Å². The fourth-order valence-corrected chi connectivity index (χ4v) is 2.69. The molecule has 0 aliphatic carbocycles. The predicted octanol–water partition coefficient (Wildman–Crippen LogP) is 0.759. The lowest BCUT2D eigenvalue weighted by Crippen LogP contribution is -2.04. The normalized spacial score (nSPS) is 35.2. The summed E-state index contributed by atoms with van der Waals surface area (Å²) in [5, 5.41) is 4.02. The molecule has 1 rings (SSSR count). The van der Waals surface area contributed by atoms with Crippen LogP contribution in [0.15, 0.2) is 0 Å². The van der Waals surface area contributed by atoms with Gasteiger partial charge in [0.05, 0.1) is 0 Å². The van der Waals surface area contributed by atoms with Crippen molar-refractivity contribution in [2.45, 2.75) is 6.42 Å². The van der Waals surface area contributed by atoms with Crippen molar-refractivity contribution in [1.29, 1.82) is 0 Å². The minimum atomic E-state index is -0.514. The van der Waals surface area contributed by atoms with Gasteiger partial charge in [-0.2, -0.15) is 7.05 Å². The van der Waals surface area contributed by atoms with Crippen LogP contribution in [0.25, 0.3) is 5.32 Å². The van der Waals surface area contributed by atoms with Crippen molar-refractivity contribution in [2.75, 3.05) is 25.1 Å². The summed E-state index contributed by atoms with van der Waals surface area (Å²) in [6.07, 6.45) is 1.12. The zero-order chi connectivity index (χ0) is 6.69. The van der Waals surface area contributed by atoms with Crippen LogP contribution in [0.1, 0.15) is 6.42 Å². The summed E-state index contributed by atoms with van der Waals surface area (Å²) in [5.74, 6) is 2.41. The van der Waals surface area contributed by atoms with Gasteiger partial charge in [-0.25, -0.2) is 0 Å². The minimum Gasteiger partial charge on any atom is -0.665 e. The fraction of sp³-hybridized carbons (Fsp3) is 1.00. The first-order chi connectivity index (χ1) is 4.33. The molecule has 1 fully saturated rings. The molecule has 0 aromatic heterocycles. The molecule has 54 valence electrons. The Labute approximate surface area is 58.5 Å². The molecule has 2 unspecified atom stereocenters. The van der Waals surface area contributed by atoms with Gasteiger partial charge in [0.2, 0.25) is 0 Å². The Bertz CT molecular complexity index is 116. The van der Waals surface area contributed by atoms with Gasteiger partial charge in [0.15, 0.2) is 0 Å². The largest absolute Gasteiger partial charge is 0.665 e. The lowest BCUT2D eigenvalue weighted by molar-refractivity contribution is 0.638. The molecule has 2 nitrogen and oxygen atoms in total. The van der Waals surface area contributed by atoms with Crippen molar-refractivity contribution < 1.29 is 4.21 Å². The molecule has 0 amide bonds. The molecule has 0 bridgehead atoms. The van der Waals surface area contributed by atoms with E-state index < -0.39 is 10.8 Å². The molecule has 0 aromatic rings. The number of hydrogen-bond donors (Lipinski definition) is 0. The van der Waals surface area contributed by atoms with Crippen LogP contribution < -0.4 is 0 Å². The van der Waals surface area contributed by atoms with Crippen LogP contribution in [0.3, 0.4) is 0 Å². The van der Waals surface area contributed by atoms with Crippen molar-refractivity contribution in [1.82, 2.24) is 0 Å². The van der Waals surface area contributed by atoms with Crippen LogP contribution in [-0.2, 0) is 10.8 Å². The third kappa shape index (κ3) is 2.06. The van der Waals surface area contributed by atoms with Crippen LogP contribution in [0.4, 0.5) is 0 Å². The molecule has 0 aromatic carbocycles. The molecule has 1 heterocycles. The highest BCUT2D eigenvalue weighted by molar-refractivity contribution is 7.85. The Morgan fingerprint density at radius 1 is 1.78 bits per heavy atom. The molecule has 1 aliphatic rings. The molecule has 3 heteroatoms. The van der Waals surface area contributed by atoms with Crippen LogP contribution in [0, 0.1) is 5.92 Å². The van der Waals surface area contributed by atoms with Gasteiger partial charge in [0.25, 0.3) is 0 Å². The van der Waals surface area contributed by atoms with Gasteiger partial charge in [0.1, 0.15) is 0 Å². The molecule has 9 heavy (non-hydrogen) atoms. The van der Waals surface area contributed by atoms with E-state index in [1.54, 1.807) is 0 Å². The molecular formula is C6H12NOS-. The number of hydrogen-bond acceptors (Lipinski definition) is 1. The lowest BCUT2D eigenvalue weighted by atomic mass is 10.1. The quantitative estimate of drug-likeness (QED) is 0.566. The van der Waals surface area contributed by atoms with E-state index in [1.165, 1.54) is 0 Å². The maximum absolute atomic E-state index is 10.8. The zero-order valence-corrected chi connectivity index (χ0v) is 6.49. The average molecular weight is 146 g/mol. The molecule has 0 saturated carbocycles. The Morgan fingerprint density at radius 3 is 3.00 bits per heavy atom. The van der Waals surface area contributed by atoms with Crippen LogP contribution in [-0.4, -0.2) is 29.3 Å². The van der Waals surface area contributed by atoms with E-state index in [1.807, 2.05) is 7.05 Å². The number of rotatable bonds is 2. The summed E-state index contributed by atoms with van der Waals surface area (Å²) in [6.45, 7) is 0.908. The van der Waals surface area contributed by atoms with Crippen LogP contribution >= 0.6 is 0 Å². The van der Waals surface area contributed by atoms with Gasteiger partial charge in [-0.3, -0.25) is 4.21 Å². The molecule has 1 aliphatic heterocycles. The second kappa shape index (κ2) is 3.32. The highest BCUT2D eigenvalue weighted by atomic mass is 32.2. The van der Waals surface area contributed by atoms with E-state index in [-0.39, 0.29) is 0 Å².